The number of hydrogen-bond acceptors (Lipinski definition) is 6. The SMILES string of the molecule is Cc1c(-c2cc(C(=O)N=O)c3c(O[C@H]4C[C@@H](C5CCOCC5)C4)ccc(C)c3n2)oc2ccccc12. The topological polar surface area (TPSA) is 91.0 Å². The van der Waals surface area contributed by atoms with E-state index in [1.165, 1.54) is 0 Å². The van der Waals surface area contributed by atoms with E-state index < -0.39 is 5.91 Å². The number of aromatic nitrogens is 1. The van der Waals surface area contributed by atoms with Crippen molar-refractivity contribution in [3.63, 3.8) is 0 Å². The second-order valence-electron chi connectivity index (χ2n) is 10.0. The quantitative estimate of drug-likeness (QED) is 0.291. The number of nitrogens with zero attached hydrogens (tertiary/aromatic N) is 2. The first-order valence-electron chi connectivity index (χ1n) is 12.6. The lowest BCUT2D eigenvalue weighted by molar-refractivity contribution is -0.0150. The van der Waals surface area contributed by atoms with Crippen molar-refractivity contribution < 1.29 is 18.7 Å². The highest BCUT2D eigenvalue weighted by Gasteiger charge is 2.37. The molecule has 2 aliphatic rings. The van der Waals surface area contributed by atoms with Crippen molar-refractivity contribution in [2.45, 2.75) is 45.6 Å². The number of carbonyl (C=O) groups is 1. The van der Waals surface area contributed by atoms with Crippen molar-refractivity contribution in [1.29, 1.82) is 0 Å². The average molecular weight is 485 g/mol. The van der Waals surface area contributed by atoms with Gasteiger partial charge in [-0.3, -0.25) is 4.79 Å². The van der Waals surface area contributed by atoms with Crippen molar-refractivity contribution in [2.75, 3.05) is 13.2 Å². The molecule has 1 aliphatic heterocycles. The van der Waals surface area contributed by atoms with Gasteiger partial charge in [0.05, 0.1) is 22.6 Å². The molecule has 4 aromatic rings. The first kappa shape index (κ1) is 22.9. The minimum atomic E-state index is -0.846. The normalized spacial score (nSPS) is 20.4. The number of carbonyl (C=O) groups excluding carboxylic acids is 1. The fourth-order valence-electron chi connectivity index (χ4n) is 5.75. The van der Waals surface area contributed by atoms with Crippen LogP contribution >= 0.6 is 0 Å². The molecule has 1 saturated carbocycles. The fourth-order valence-corrected chi connectivity index (χ4v) is 5.75. The van der Waals surface area contributed by atoms with Crippen LogP contribution in [0.4, 0.5) is 0 Å². The van der Waals surface area contributed by atoms with E-state index in [2.05, 4.69) is 5.18 Å². The Morgan fingerprint density at radius 3 is 2.58 bits per heavy atom. The van der Waals surface area contributed by atoms with Crippen LogP contribution < -0.4 is 4.74 Å². The first-order valence-corrected chi connectivity index (χ1v) is 12.6. The number of fused-ring (bicyclic) bond motifs is 2. The monoisotopic (exact) mass is 484 g/mol. The van der Waals surface area contributed by atoms with Crippen LogP contribution in [0.3, 0.4) is 0 Å². The van der Waals surface area contributed by atoms with Crippen molar-refractivity contribution in [1.82, 2.24) is 4.98 Å². The van der Waals surface area contributed by atoms with Gasteiger partial charge >= 0.3 is 5.91 Å². The molecule has 7 nitrogen and oxygen atoms in total. The summed E-state index contributed by atoms with van der Waals surface area (Å²) < 4.78 is 18.0. The summed E-state index contributed by atoms with van der Waals surface area (Å²) >= 11 is 0. The number of para-hydroxylation sites is 1. The van der Waals surface area contributed by atoms with Crippen LogP contribution in [-0.4, -0.2) is 30.2 Å². The van der Waals surface area contributed by atoms with E-state index in [1.807, 2.05) is 50.2 Å². The van der Waals surface area contributed by atoms with Gasteiger partial charge in [-0.2, -0.15) is 0 Å². The lowest BCUT2D eigenvalue weighted by Crippen LogP contribution is -2.39. The molecule has 1 saturated heterocycles. The predicted molar refractivity (Wildman–Crippen MR) is 137 cm³/mol. The fraction of sp³-hybridized carbons (Fsp3) is 0.379. The van der Waals surface area contributed by atoms with Gasteiger partial charge in [-0.25, -0.2) is 4.98 Å². The Kier molecular flexibility index (Phi) is 5.80. The molecule has 0 unspecified atom stereocenters. The minimum Gasteiger partial charge on any atom is -0.490 e. The van der Waals surface area contributed by atoms with Crippen molar-refractivity contribution in [3.8, 4) is 17.2 Å². The highest BCUT2D eigenvalue weighted by atomic mass is 16.5. The number of nitroso groups, excluding NO2 is 1. The summed E-state index contributed by atoms with van der Waals surface area (Å²) in [5, 5.41) is 4.27. The number of amides is 1. The van der Waals surface area contributed by atoms with E-state index in [1.54, 1.807) is 6.07 Å². The molecule has 3 heterocycles. The molecule has 1 amide bonds. The summed E-state index contributed by atoms with van der Waals surface area (Å²) in [4.78, 5) is 29.1. The molecule has 0 atom stereocenters. The second-order valence-corrected chi connectivity index (χ2v) is 10.0. The molecule has 184 valence electrons. The van der Waals surface area contributed by atoms with Gasteiger partial charge in [-0.1, -0.05) is 24.3 Å². The number of aryl methyl sites for hydroxylation is 2. The van der Waals surface area contributed by atoms with Gasteiger partial charge in [-0.15, -0.1) is 4.91 Å². The standard InChI is InChI=1S/C29H28N2O5/c1-16-7-8-25(35-20-13-19(14-20)18-9-11-34-12-10-18)26-22(29(32)31-33)15-23(30-27(16)26)28-17(2)21-5-3-4-6-24(21)36-28/h3-8,15,18-20H,9-14H2,1-2H3/t19-,20+. The first-order chi connectivity index (χ1) is 17.5. The lowest BCUT2D eigenvalue weighted by atomic mass is 9.71. The molecule has 6 rings (SSSR count). The van der Waals surface area contributed by atoms with Crippen molar-refractivity contribution in [3.05, 3.63) is 64.1 Å². The van der Waals surface area contributed by atoms with Gasteiger partial charge in [0.2, 0.25) is 0 Å². The van der Waals surface area contributed by atoms with Crippen LogP contribution in [0.5, 0.6) is 5.75 Å². The van der Waals surface area contributed by atoms with E-state index in [0.29, 0.717) is 39.9 Å². The Morgan fingerprint density at radius 2 is 1.83 bits per heavy atom. The summed E-state index contributed by atoms with van der Waals surface area (Å²) in [5.41, 5.74) is 3.83. The Hall–Kier alpha value is -3.58. The average Bonchev–Trinajstić information content (AvgIpc) is 3.23. The highest BCUT2D eigenvalue weighted by molar-refractivity contribution is 6.10. The zero-order chi connectivity index (χ0) is 24.8. The van der Waals surface area contributed by atoms with E-state index >= 15 is 0 Å². The maximum atomic E-state index is 12.8. The summed E-state index contributed by atoms with van der Waals surface area (Å²) in [6.45, 7) is 5.59. The third-order valence-corrected chi connectivity index (χ3v) is 7.87. The number of pyridine rings is 1. The maximum absolute atomic E-state index is 12.8. The summed E-state index contributed by atoms with van der Waals surface area (Å²) in [6.07, 6.45) is 4.27. The van der Waals surface area contributed by atoms with Gasteiger partial charge in [0.1, 0.15) is 17.0 Å². The van der Waals surface area contributed by atoms with Crippen LogP contribution in [0.15, 0.2) is 52.1 Å². The Morgan fingerprint density at radius 1 is 1.06 bits per heavy atom. The minimum absolute atomic E-state index is 0.0770. The van der Waals surface area contributed by atoms with Crippen molar-refractivity contribution in [2.24, 2.45) is 17.0 Å². The molecule has 2 aromatic carbocycles. The molecule has 7 heteroatoms. The van der Waals surface area contributed by atoms with Gasteiger partial charge in [0.25, 0.3) is 0 Å². The highest BCUT2D eigenvalue weighted by Crippen LogP contribution is 2.43. The zero-order valence-electron chi connectivity index (χ0n) is 20.5. The van der Waals surface area contributed by atoms with E-state index in [9.17, 15) is 9.70 Å². The smallest absolute Gasteiger partial charge is 0.317 e. The number of hydrogen-bond donors (Lipinski definition) is 0. The molecule has 0 spiro atoms. The van der Waals surface area contributed by atoms with E-state index in [0.717, 1.165) is 61.0 Å². The molecule has 2 aromatic heterocycles. The Balaban J connectivity index is 1.39. The summed E-state index contributed by atoms with van der Waals surface area (Å²) in [7, 11) is 0. The number of rotatable bonds is 5. The van der Waals surface area contributed by atoms with Gasteiger partial charge in [0.15, 0.2) is 5.76 Å². The third kappa shape index (κ3) is 3.88. The van der Waals surface area contributed by atoms with Crippen LogP contribution in [0.2, 0.25) is 0 Å². The zero-order valence-corrected chi connectivity index (χ0v) is 20.5. The molecule has 36 heavy (non-hydrogen) atoms. The molecule has 1 aliphatic carbocycles. The third-order valence-electron chi connectivity index (χ3n) is 7.87. The largest absolute Gasteiger partial charge is 0.490 e. The van der Waals surface area contributed by atoms with E-state index in [4.69, 9.17) is 18.9 Å². The van der Waals surface area contributed by atoms with Crippen LogP contribution in [0.1, 0.15) is 47.2 Å². The molecular weight excluding hydrogens is 456 g/mol. The Bertz CT molecular complexity index is 1480. The van der Waals surface area contributed by atoms with Crippen molar-refractivity contribution >= 4 is 27.8 Å². The van der Waals surface area contributed by atoms with E-state index in [-0.39, 0.29) is 11.7 Å². The number of ether oxygens (including phenoxy) is 2. The van der Waals surface area contributed by atoms with Crippen LogP contribution in [0.25, 0.3) is 33.3 Å². The molecule has 2 fully saturated rings. The van der Waals surface area contributed by atoms with Gasteiger partial charge < -0.3 is 13.9 Å². The lowest BCUT2D eigenvalue weighted by Gasteiger charge is -2.41. The molecule has 0 N–H and O–H groups in total. The Labute approximate surface area is 208 Å². The number of benzene rings is 2. The predicted octanol–water partition coefficient (Wildman–Crippen LogP) is 6.76. The van der Waals surface area contributed by atoms with Gasteiger partial charge in [0, 0.05) is 29.3 Å². The second kappa shape index (κ2) is 9.13. The van der Waals surface area contributed by atoms with Crippen LogP contribution in [0, 0.1) is 30.6 Å². The number of furan rings is 1. The molecular formula is C29H28N2O5. The van der Waals surface area contributed by atoms with Crippen LogP contribution in [-0.2, 0) is 4.74 Å². The summed E-state index contributed by atoms with van der Waals surface area (Å²) in [6, 6.07) is 13.2. The van der Waals surface area contributed by atoms with Gasteiger partial charge in [-0.05, 0) is 75.1 Å². The summed E-state index contributed by atoms with van der Waals surface area (Å²) in [5.74, 6) is 1.64. The molecule has 0 bridgehead atoms. The molecule has 0 radical (unpaired) electrons. The maximum Gasteiger partial charge on any atom is 0.317 e.